The van der Waals surface area contributed by atoms with E-state index in [2.05, 4.69) is 18.3 Å². The summed E-state index contributed by atoms with van der Waals surface area (Å²) in [6.07, 6.45) is 0. The molecule has 0 bridgehead atoms. The molecule has 5 atom stereocenters. The molecule has 3 aliphatic rings. The number of carbonyl (C=O) groups is 1. The summed E-state index contributed by atoms with van der Waals surface area (Å²) in [5.74, 6) is 0.320. The van der Waals surface area contributed by atoms with Crippen LogP contribution in [-0.2, 0) is 10.4 Å². The van der Waals surface area contributed by atoms with Crippen LogP contribution in [0, 0.1) is 11.8 Å². The molecule has 5 rings (SSSR count). The summed E-state index contributed by atoms with van der Waals surface area (Å²) in [4.78, 5) is 15.5. The van der Waals surface area contributed by atoms with Crippen molar-refractivity contribution in [2.45, 2.75) is 24.4 Å². The van der Waals surface area contributed by atoms with Crippen molar-refractivity contribution < 1.29 is 9.90 Å². The molecule has 0 aromatic heterocycles. The molecule has 0 unspecified atom stereocenters. The first-order valence-corrected chi connectivity index (χ1v) is 10.4. The quantitative estimate of drug-likeness (QED) is 0.820. The molecule has 2 aliphatic heterocycles. The standard InChI is InChI=1S/C23H25ClN2O2/c1-14-12-26(13-21-17-4-2-3-5-20(17)23(14,21)28)22(27)19-11-25-10-18(19)15-6-8-16(24)9-7-15/h2-9,14,18-19,21,25,28H,10-13H2,1H3/t14-,18-,19+,21-,23+/m0/s1. The molecule has 2 fully saturated rings. The Kier molecular flexibility index (Phi) is 4.27. The van der Waals surface area contributed by atoms with E-state index in [9.17, 15) is 9.90 Å². The lowest BCUT2D eigenvalue weighted by Gasteiger charge is -2.57. The maximum Gasteiger partial charge on any atom is 0.227 e. The van der Waals surface area contributed by atoms with Crippen LogP contribution in [-0.4, -0.2) is 42.1 Å². The minimum atomic E-state index is -0.795. The largest absolute Gasteiger partial charge is 0.384 e. The van der Waals surface area contributed by atoms with E-state index in [4.69, 9.17) is 11.6 Å². The number of rotatable bonds is 2. The predicted molar refractivity (Wildman–Crippen MR) is 109 cm³/mol. The number of hydrogen-bond acceptors (Lipinski definition) is 3. The van der Waals surface area contributed by atoms with E-state index in [1.807, 2.05) is 47.4 Å². The van der Waals surface area contributed by atoms with Gasteiger partial charge in [-0.1, -0.05) is 54.9 Å². The smallest absolute Gasteiger partial charge is 0.227 e. The average Bonchev–Trinajstić information content (AvgIpc) is 3.19. The molecule has 2 aromatic rings. The van der Waals surface area contributed by atoms with Gasteiger partial charge in [0.15, 0.2) is 0 Å². The highest BCUT2D eigenvalue weighted by Gasteiger charge is 2.57. The van der Waals surface area contributed by atoms with Crippen molar-refractivity contribution in [3.05, 3.63) is 70.2 Å². The third kappa shape index (κ3) is 2.55. The SMILES string of the molecule is C[C@H]1CN(C(=O)[C@@H]2CNC[C@H]2c2ccc(Cl)cc2)C[C@H]2c3ccccc3[C@]12O. The average molecular weight is 397 g/mol. The zero-order valence-electron chi connectivity index (χ0n) is 15.9. The molecule has 1 amide bonds. The molecule has 0 radical (unpaired) electrons. The number of hydrogen-bond donors (Lipinski definition) is 2. The van der Waals surface area contributed by atoms with Crippen molar-refractivity contribution in [3.63, 3.8) is 0 Å². The van der Waals surface area contributed by atoms with Gasteiger partial charge < -0.3 is 15.3 Å². The molecule has 0 saturated carbocycles. The first-order valence-electron chi connectivity index (χ1n) is 10.1. The molecule has 2 saturated heterocycles. The van der Waals surface area contributed by atoms with Crippen LogP contribution < -0.4 is 5.32 Å². The van der Waals surface area contributed by atoms with Crippen LogP contribution in [0.25, 0.3) is 0 Å². The van der Waals surface area contributed by atoms with E-state index in [0.29, 0.717) is 24.7 Å². The molecule has 2 N–H and O–H groups in total. The second-order valence-corrected chi connectivity index (χ2v) is 8.97. The van der Waals surface area contributed by atoms with E-state index in [0.717, 1.165) is 17.7 Å². The lowest BCUT2D eigenvalue weighted by atomic mass is 9.57. The van der Waals surface area contributed by atoms with Crippen LogP contribution >= 0.6 is 11.6 Å². The van der Waals surface area contributed by atoms with Crippen LogP contribution in [0.2, 0.25) is 5.02 Å². The molecule has 1 aliphatic carbocycles. The molecule has 28 heavy (non-hydrogen) atoms. The van der Waals surface area contributed by atoms with Crippen molar-refractivity contribution in [1.82, 2.24) is 10.2 Å². The predicted octanol–water partition coefficient (Wildman–Crippen LogP) is 3.11. The number of piperidine rings is 1. The molecule has 2 aromatic carbocycles. The Hall–Kier alpha value is -1.88. The monoisotopic (exact) mass is 396 g/mol. The summed E-state index contributed by atoms with van der Waals surface area (Å²) in [6, 6.07) is 16.0. The molecular weight excluding hydrogens is 372 g/mol. The summed E-state index contributed by atoms with van der Waals surface area (Å²) in [5, 5.41) is 15.4. The van der Waals surface area contributed by atoms with Crippen LogP contribution in [0.1, 0.15) is 35.4 Å². The van der Waals surface area contributed by atoms with Gasteiger partial charge in [0.25, 0.3) is 0 Å². The summed E-state index contributed by atoms with van der Waals surface area (Å²) in [5.41, 5.74) is 2.59. The highest BCUT2D eigenvalue weighted by Crippen LogP contribution is 2.56. The van der Waals surface area contributed by atoms with Crippen LogP contribution in [0.3, 0.4) is 0 Å². The molecule has 2 heterocycles. The highest BCUT2D eigenvalue weighted by molar-refractivity contribution is 6.30. The first-order chi connectivity index (χ1) is 13.5. The molecule has 146 valence electrons. The van der Waals surface area contributed by atoms with Crippen molar-refractivity contribution in [1.29, 1.82) is 0 Å². The zero-order valence-corrected chi connectivity index (χ0v) is 16.7. The molecule has 5 heteroatoms. The number of halogens is 1. The summed E-state index contributed by atoms with van der Waals surface area (Å²) in [6.45, 7) is 4.76. The molecular formula is C23H25ClN2O2. The zero-order chi connectivity index (χ0) is 19.5. The van der Waals surface area contributed by atoms with E-state index in [1.54, 1.807) is 0 Å². The van der Waals surface area contributed by atoms with Crippen LogP contribution in [0.5, 0.6) is 0 Å². The van der Waals surface area contributed by atoms with Gasteiger partial charge in [-0.05, 0) is 28.8 Å². The Labute approximate surface area is 170 Å². The minimum absolute atomic E-state index is 0.0137. The van der Waals surface area contributed by atoms with Gasteiger partial charge in [0.2, 0.25) is 5.91 Å². The van der Waals surface area contributed by atoms with Crippen LogP contribution in [0.15, 0.2) is 48.5 Å². The second-order valence-electron chi connectivity index (χ2n) is 8.53. The maximum atomic E-state index is 13.5. The van der Waals surface area contributed by atoms with Crippen molar-refractivity contribution in [2.24, 2.45) is 11.8 Å². The number of nitrogens with zero attached hydrogens (tertiary/aromatic N) is 1. The summed E-state index contributed by atoms with van der Waals surface area (Å²) >= 11 is 6.03. The fourth-order valence-corrected chi connectivity index (χ4v) is 5.66. The Morgan fingerprint density at radius 3 is 2.68 bits per heavy atom. The van der Waals surface area contributed by atoms with Gasteiger partial charge in [-0.15, -0.1) is 0 Å². The van der Waals surface area contributed by atoms with Gasteiger partial charge in [-0.2, -0.15) is 0 Å². The number of fused-ring (bicyclic) bond motifs is 4. The minimum Gasteiger partial charge on any atom is -0.384 e. The lowest BCUT2D eigenvalue weighted by molar-refractivity contribution is -0.152. The first kappa shape index (κ1) is 18.2. The second kappa shape index (κ2) is 6.58. The van der Waals surface area contributed by atoms with Crippen molar-refractivity contribution in [3.8, 4) is 0 Å². The van der Waals surface area contributed by atoms with E-state index in [1.165, 1.54) is 5.56 Å². The van der Waals surface area contributed by atoms with Gasteiger partial charge in [0, 0.05) is 49.0 Å². The Balaban J connectivity index is 1.38. The fraction of sp³-hybridized carbons (Fsp3) is 0.435. The molecule has 4 nitrogen and oxygen atoms in total. The number of benzene rings is 2. The van der Waals surface area contributed by atoms with Gasteiger partial charge in [0.1, 0.15) is 5.60 Å². The number of carbonyl (C=O) groups excluding carboxylic acids is 1. The van der Waals surface area contributed by atoms with Crippen LogP contribution in [0.4, 0.5) is 0 Å². The lowest BCUT2D eigenvalue weighted by Crippen LogP contribution is -2.61. The van der Waals surface area contributed by atoms with Gasteiger partial charge in [-0.3, -0.25) is 4.79 Å². The topological polar surface area (TPSA) is 52.6 Å². The Morgan fingerprint density at radius 2 is 1.89 bits per heavy atom. The van der Waals surface area contributed by atoms with Gasteiger partial charge in [-0.25, -0.2) is 0 Å². The highest BCUT2D eigenvalue weighted by atomic mass is 35.5. The van der Waals surface area contributed by atoms with E-state index in [-0.39, 0.29) is 29.6 Å². The van der Waals surface area contributed by atoms with Crippen molar-refractivity contribution in [2.75, 3.05) is 26.2 Å². The third-order valence-corrected chi connectivity index (χ3v) is 7.34. The number of nitrogens with one attached hydrogen (secondary N) is 1. The maximum absolute atomic E-state index is 13.5. The third-order valence-electron chi connectivity index (χ3n) is 7.09. The van der Waals surface area contributed by atoms with Gasteiger partial charge >= 0.3 is 0 Å². The van der Waals surface area contributed by atoms with Gasteiger partial charge in [0.05, 0.1) is 5.92 Å². The normalized spacial score (nSPS) is 33.8. The Bertz CT molecular complexity index is 915. The number of aliphatic hydroxyl groups is 1. The number of likely N-dealkylation sites (tertiary alicyclic amines) is 1. The Morgan fingerprint density at radius 1 is 1.14 bits per heavy atom. The number of amides is 1. The summed E-state index contributed by atoms with van der Waals surface area (Å²) < 4.78 is 0. The molecule has 0 spiro atoms. The van der Waals surface area contributed by atoms with Crippen molar-refractivity contribution >= 4 is 17.5 Å². The van der Waals surface area contributed by atoms with E-state index < -0.39 is 5.60 Å². The van der Waals surface area contributed by atoms with E-state index >= 15 is 0 Å². The summed E-state index contributed by atoms with van der Waals surface area (Å²) in [7, 11) is 0. The fourth-order valence-electron chi connectivity index (χ4n) is 5.54.